The maximum atomic E-state index is 15.3. The van der Waals surface area contributed by atoms with Gasteiger partial charge >= 0.3 is 0 Å². The second kappa shape index (κ2) is 18.0. The van der Waals surface area contributed by atoms with Crippen molar-refractivity contribution in [3.8, 4) is 17.2 Å². The summed E-state index contributed by atoms with van der Waals surface area (Å²) in [4.78, 5) is 15.0. The van der Waals surface area contributed by atoms with Crippen LogP contribution in [0.1, 0.15) is 70.7 Å². The highest BCUT2D eigenvalue weighted by molar-refractivity contribution is 7.89. The highest BCUT2D eigenvalue weighted by atomic mass is 32.2. The van der Waals surface area contributed by atoms with Gasteiger partial charge in [-0.05, 0) is 116 Å². The van der Waals surface area contributed by atoms with E-state index in [2.05, 4.69) is 29.6 Å². The van der Waals surface area contributed by atoms with Crippen LogP contribution in [0.3, 0.4) is 0 Å². The average molecular weight is 761 g/mol. The number of nitrogens with zero attached hydrogens (tertiary/aromatic N) is 1. The Morgan fingerprint density at radius 1 is 0.727 bits per heavy atom. The minimum atomic E-state index is -4.32. The largest absolute Gasteiger partial charge is 0.496 e. The minimum absolute atomic E-state index is 0.0670. The first-order valence-electron chi connectivity index (χ1n) is 19.0. The molecular weight excluding hydrogens is 709 g/mol. The molecule has 0 spiro atoms. The third-order valence-corrected chi connectivity index (χ3v) is 12.6. The van der Waals surface area contributed by atoms with E-state index in [1.807, 2.05) is 92.7 Å². The summed E-state index contributed by atoms with van der Waals surface area (Å²) in [7, 11) is 0.347. The number of methoxy groups -OCH3 is 3. The Balaban J connectivity index is 1.42. The van der Waals surface area contributed by atoms with Gasteiger partial charge in [0.2, 0.25) is 15.9 Å². The van der Waals surface area contributed by atoms with E-state index >= 15 is 8.42 Å². The number of ether oxygens (including phenoxy) is 3. The molecule has 2 atom stereocenters. The van der Waals surface area contributed by atoms with E-state index in [-0.39, 0.29) is 23.3 Å². The van der Waals surface area contributed by atoms with E-state index in [0.717, 1.165) is 66.3 Å². The summed E-state index contributed by atoms with van der Waals surface area (Å²) in [5.74, 6) is 1.14. The second-order valence-corrected chi connectivity index (χ2v) is 16.1. The zero-order valence-corrected chi connectivity index (χ0v) is 33.3. The van der Waals surface area contributed by atoms with Gasteiger partial charge in [0.25, 0.3) is 0 Å². The number of fused-ring (bicyclic) bond motifs is 1. The van der Waals surface area contributed by atoms with Crippen LogP contribution in [-0.4, -0.2) is 52.0 Å². The molecule has 0 radical (unpaired) electrons. The maximum Gasteiger partial charge on any atom is 0.244 e. The summed E-state index contributed by atoms with van der Waals surface area (Å²) in [6.45, 7) is 3.77. The standard InChI is InChI=1S/C46H52N2O6S/c1-32-27-39(30-42(52-3)33(32)2)55(50,51)48-41(28-37-29-43(53-4)44(54-5)31-40(37)45(48)36-23-13-8-14-24-36)46(49)47-38(25-15-21-34-17-9-6-10-18-34)26-16-22-35-19-11-7-12-20-35/h6-14,17-20,23-24,27,29-31,38,41,45H,15-16,21-22,25-26,28H2,1-5H3,(H,47,49). The molecule has 0 fully saturated rings. The lowest BCUT2D eigenvalue weighted by Crippen LogP contribution is -2.56. The predicted molar refractivity (Wildman–Crippen MR) is 218 cm³/mol. The summed E-state index contributed by atoms with van der Waals surface area (Å²) in [5, 5.41) is 3.38. The van der Waals surface area contributed by atoms with E-state index in [4.69, 9.17) is 14.2 Å². The molecule has 55 heavy (non-hydrogen) atoms. The quantitative estimate of drug-likeness (QED) is 0.108. The highest BCUT2D eigenvalue weighted by Gasteiger charge is 2.47. The number of hydrogen-bond acceptors (Lipinski definition) is 6. The SMILES string of the molecule is COc1cc2c(cc1OC)C(c1ccccc1)N(S(=O)(=O)c1cc(C)c(C)c(OC)c1)C(C(=O)NC(CCCc1ccccc1)CCCc1ccccc1)C2. The van der Waals surface area contributed by atoms with E-state index in [0.29, 0.717) is 17.2 Å². The van der Waals surface area contributed by atoms with Crippen LogP contribution in [-0.2, 0) is 34.1 Å². The van der Waals surface area contributed by atoms with E-state index < -0.39 is 22.1 Å². The average Bonchev–Trinajstić information content (AvgIpc) is 3.21. The van der Waals surface area contributed by atoms with Crippen molar-refractivity contribution in [2.24, 2.45) is 0 Å². The summed E-state index contributed by atoms with van der Waals surface area (Å²) >= 11 is 0. The van der Waals surface area contributed by atoms with Crippen molar-refractivity contribution < 1.29 is 27.4 Å². The topological polar surface area (TPSA) is 94.2 Å². The molecule has 2 unspecified atom stereocenters. The molecule has 9 heteroatoms. The molecule has 0 saturated carbocycles. The van der Waals surface area contributed by atoms with Crippen molar-refractivity contribution >= 4 is 15.9 Å². The van der Waals surface area contributed by atoms with E-state index in [1.54, 1.807) is 26.4 Å². The molecule has 0 aromatic heterocycles. The smallest absolute Gasteiger partial charge is 0.244 e. The normalized spacial score (nSPS) is 15.7. The molecule has 0 bridgehead atoms. The van der Waals surface area contributed by atoms with E-state index in [9.17, 15) is 4.79 Å². The van der Waals surface area contributed by atoms with Crippen molar-refractivity contribution in [3.63, 3.8) is 0 Å². The Labute approximate surface area is 326 Å². The van der Waals surface area contributed by atoms with Gasteiger partial charge in [-0.3, -0.25) is 4.79 Å². The lowest BCUT2D eigenvalue weighted by Gasteiger charge is -2.42. The van der Waals surface area contributed by atoms with Gasteiger partial charge in [-0.2, -0.15) is 4.31 Å². The first kappa shape index (κ1) is 39.6. The molecule has 0 aliphatic carbocycles. The number of aryl methyl sites for hydroxylation is 3. The van der Waals surface area contributed by atoms with Crippen molar-refractivity contribution in [3.05, 3.63) is 154 Å². The molecule has 288 valence electrons. The lowest BCUT2D eigenvalue weighted by atomic mass is 9.85. The molecule has 5 aromatic carbocycles. The minimum Gasteiger partial charge on any atom is -0.496 e. The molecule has 1 aliphatic heterocycles. The molecule has 1 amide bonds. The van der Waals surface area contributed by atoms with Crippen LogP contribution in [0, 0.1) is 13.8 Å². The van der Waals surface area contributed by atoms with Gasteiger partial charge in [-0.25, -0.2) is 8.42 Å². The number of nitrogens with one attached hydrogen (secondary N) is 1. The zero-order chi connectivity index (χ0) is 39.0. The molecule has 6 rings (SSSR count). The Hall–Kier alpha value is -5.12. The monoisotopic (exact) mass is 760 g/mol. The molecule has 1 aliphatic rings. The number of rotatable bonds is 16. The molecule has 5 aromatic rings. The molecule has 1 heterocycles. The molecular formula is C46H52N2O6S. The fraction of sp³-hybridized carbons (Fsp3) is 0.326. The first-order valence-corrected chi connectivity index (χ1v) is 20.4. The van der Waals surface area contributed by atoms with Gasteiger partial charge in [0, 0.05) is 12.1 Å². The number of carbonyl (C=O) groups excluding carboxylic acids is 1. The highest BCUT2D eigenvalue weighted by Crippen LogP contribution is 2.46. The van der Waals surface area contributed by atoms with Crippen molar-refractivity contribution in [2.75, 3.05) is 21.3 Å². The Kier molecular flexibility index (Phi) is 13.0. The molecule has 0 saturated heterocycles. The fourth-order valence-corrected chi connectivity index (χ4v) is 9.56. The van der Waals surface area contributed by atoms with Gasteiger partial charge in [-0.15, -0.1) is 0 Å². The van der Waals surface area contributed by atoms with Crippen molar-refractivity contribution in [2.45, 2.75) is 81.8 Å². The predicted octanol–water partition coefficient (Wildman–Crippen LogP) is 8.56. The Bertz CT molecular complexity index is 2110. The van der Waals surface area contributed by atoms with Gasteiger partial charge < -0.3 is 19.5 Å². The lowest BCUT2D eigenvalue weighted by molar-refractivity contribution is -0.126. The molecule has 1 N–H and O–H groups in total. The third kappa shape index (κ3) is 9.06. The number of hydrogen-bond donors (Lipinski definition) is 1. The van der Waals surface area contributed by atoms with E-state index in [1.165, 1.54) is 22.5 Å². The second-order valence-electron chi connectivity index (χ2n) is 14.3. The fourth-order valence-electron chi connectivity index (χ4n) is 7.72. The van der Waals surface area contributed by atoms with Crippen LogP contribution in [0.25, 0.3) is 0 Å². The van der Waals surface area contributed by atoms with Gasteiger partial charge in [0.05, 0.1) is 32.3 Å². The van der Waals surface area contributed by atoms with Gasteiger partial charge in [0.15, 0.2) is 11.5 Å². The summed E-state index contributed by atoms with van der Waals surface area (Å²) < 4.78 is 49.1. The third-order valence-electron chi connectivity index (χ3n) is 10.8. The van der Waals surface area contributed by atoms with Crippen LogP contribution < -0.4 is 19.5 Å². The zero-order valence-electron chi connectivity index (χ0n) is 32.5. The number of carbonyl (C=O) groups is 1. The van der Waals surface area contributed by atoms with Crippen molar-refractivity contribution in [1.29, 1.82) is 0 Å². The van der Waals surface area contributed by atoms with Crippen LogP contribution in [0.15, 0.2) is 120 Å². The first-order chi connectivity index (χ1) is 26.6. The number of benzene rings is 5. The van der Waals surface area contributed by atoms with Crippen LogP contribution in [0.2, 0.25) is 0 Å². The summed E-state index contributed by atoms with van der Waals surface area (Å²) in [5.41, 5.74) is 6.40. The van der Waals surface area contributed by atoms with Gasteiger partial charge in [0.1, 0.15) is 11.8 Å². The van der Waals surface area contributed by atoms with Crippen LogP contribution in [0.4, 0.5) is 0 Å². The summed E-state index contributed by atoms with van der Waals surface area (Å²) in [6, 6.07) is 35.1. The number of sulfonamides is 1. The Morgan fingerprint density at radius 3 is 1.80 bits per heavy atom. The van der Waals surface area contributed by atoms with Crippen molar-refractivity contribution in [1.82, 2.24) is 9.62 Å². The Morgan fingerprint density at radius 2 is 1.25 bits per heavy atom. The number of amides is 1. The van der Waals surface area contributed by atoms with Gasteiger partial charge in [-0.1, -0.05) is 91.0 Å². The van der Waals surface area contributed by atoms with Crippen LogP contribution in [0.5, 0.6) is 17.2 Å². The summed E-state index contributed by atoms with van der Waals surface area (Å²) in [6.07, 6.45) is 5.18. The maximum absolute atomic E-state index is 15.3. The van der Waals surface area contributed by atoms with Crippen LogP contribution >= 0.6 is 0 Å². The molecule has 8 nitrogen and oxygen atoms in total.